The Hall–Kier alpha value is -0.310. The molecule has 0 saturated carbocycles. The molecule has 0 aromatic carbocycles. The normalized spacial score (nSPS) is 21.8. The maximum absolute atomic E-state index is 11.0. The number of hydrogen-bond donors (Lipinski definition) is 0. The van der Waals surface area contributed by atoms with Gasteiger partial charge in [0.2, 0.25) is 0 Å². The van der Waals surface area contributed by atoms with Gasteiger partial charge >= 0.3 is 7.82 Å². The molecule has 0 amide bonds. The molecule has 0 bridgehead atoms. The van der Waals surface area contributed by atoms with Gasteiger partial charge < -0.3 is 13.9 Å². The maximum Gasteiger partial charge on any atom is 0.319 e. The minimum absolute atomic E-state index is 0.119. The predicted molar refractivity (Wildman–Crippen MR) is 46.9 cm³/mol. The Morgan fingerprint density at radius 2 is 2.38 bits per heavy atom. The number of hydrogen-bond acceptors (Lipinski definition) is 4. The molecule has 0 fully saturated rings. The molecule has 5 heteroatoms. The summed E-state index contributed by atoms with van der Waals surface area (Å²) in [6.45, 7) is 1.73. The van der Waals surface area contributed by atoms with Crippen LogP contribution in [0.2, 0.25) is 0 Å². The topological polar surface area (TPSA) is 58.6 Å². The van der Waals surface area contributed by atoms with Crippen LogP contribution in [0, 0.1) is 0 Å². The molecule has 1 rings (SSSR count). The number of phosphoric acid groups is 1. The molecular weight excluding hydrogens is 191 g/mol. The van der Waals surface area contributed by atoms with Crippen LogP contribution in [-0.4, -0.2) is 6.61 Å². The molecule has 1 unspecified atom stereocenters. The van der Waals surface area contributed by atoms with Gasteiger partial charge in [-0.1, -0.05) is 0 Å². The van der Waals surface area contributed by atoms with Crippen molar-refractivity contribution in [1.29, 1.82) is 0 Å². The zero-order chi connectivity index (χ0) is 9.73. The Labute approximate surface area is 78.2 Å². The second-order valence-electron chi connectivity index (χ2n) is 2.87. The van der Waals surface area contributed by atoms with Crippen LogP contribution in [0.25, 0.3) is 0 Å². The summed E-state index contributed by atoms with van der Waals surface area (Å²) < 4.78 is 20.3. The summed E-state index contributed by atoms with van der Waals surface area (Å²) in [4.78, 5) is 11.0. The standard InChI is InChI=1S/C8H15O4P/c1-2-11-13(9,10)12-8-6-4-3-5-7-8/h6H,2-5,7H2,1H3,(H,9,10)/p-1. The van der Waals surface area contributed by atoms with E-state index in [1.54, 1.807) is 6.92 Å². The lowest BCUT2D eigenvalue weighted by Gasteiger charge is -2.25. The van der Waals surface area contributed by atoms with Crippen LogP contribution in [0.1, 0.15) is 32.6 Å². The summed E-state index contributed by atoms with van der Waals surface area (Å²) in [6.07, 6.45) is 5.48. The first-order valence-electron chi connectivity index (χ1n) is 4.48. The molecule has 0 aromatic rings. The van der Waals surface area contributed by atoms with Crippen LogP contribution in [0.5, 0.6) is 0 Å². The first kappa shape index (κ1) is 10.8. The molecule has 0 aliphatic heterocycles. The van der Waals surface area contributed by atoms with Crippen molar-refractivity contribution in [2.24, 2.45) is 0 Å². The Balaban J connectivity index is 2.46. The lowest BCUT2D eigenvalue weighted by Crippen LogP contribution is -2.09. The van der Waals surface area contributed by atoms with E-state index in [-0.39, 0.29) is 6.61 Å². The van der Waals surface area contributed by atoms with E-state index >= 15 is 0 Å². The molecule has 1 atom stereocenters. The second kappa shape index (κ2) is 4.80. The van der Waals surface area contributed by atoms with Crippen molar-refractivity contribution in [1.82, 2.24) is 0 Å². The molecule has 13 heavy (non-hydrogen) atoms. The largest absolute Gasteiger partial charge is 0.746 e. The highest BCUT2D eigenvalue weighted by Gasteiger charge is 2.13. The van der Waals surface area contributed by atoms with E-state index in [4.69, 9.17) is 4.52 Å². The Bertz CT molecular complexity index is 236. The van der Waals surface area contributed by atoms with Crippen LogP contribution < -0.4 is 4.89 Å². The molecule has 0 heterocycles. The zero-order valence-electron chi connectivity index (χ0n) is 7.69. The maximum atomic E-state index is 11.0. The van der Waals surface area contributed by atoms with Crippen molar-refractivity contribution >= 4 is 7.82 Å². The highest BCUT2D eigenvalue weighted by molar-refractivity contribution is 7.46. The smallest absolute Gasteiger partial charge is 0.319 e. The molecule has 76 valence electrons. The fourth-order valence-corrected chi connectivity index (χ4v) is 2.04. The second-order valence-corrected chi connectivity index (χ2v) is 4.21. The van der Waals surface area contributed by atoms with Gasteiger partial charge in [-0.05, 0) is 32.3 Å². The molecular formula is C8H14O4P-. The van der Waals surface area contributed by atoms with Gasteiger partial charge in [0.1, 0.15) is 5.76 Å². The summed E-state index contributed by atoms with van der Waals surface area (Å²) in [5.41, 5.74) is 0. The lowest BCUT2D eigenvalue weighted by atomic mass is 10.1. The van der Waals surface area contributed by atoms with Crippen LogP contribution in [0.4, 0.5) is 0 Å². The van der Waals surface area contributed by atoms with E-state index < -0.39 is 7.82 Å². The van der Waals surface area contributed by atoms with Gasteiger partial charge in [-0.2, -0.15) is 0 Å². The van der Waals surface area contributed by atoms with E-state index in [0.717, 1.165) is 19.3 Å². The average molecular weight is 205 g/mol. The van der Waals surface area contributed by atoms with Crippen molar-refractivity contribution in [3.05, 3.63) is 11.8 Å². The molecule has 1 aliphatic carbocycles. The van der Waals surface area contributed by atoms with Crippen molar-refractivity contribution in [2.45, 2.75) is 32.6 Å². The van der Waals surface area contributed by atoms with Gasteiger partial charge in [-0.3, -0.25) is 4.57 Å². The number of phosphoric ester groups is 1. The third-order valence-corrected chi connectivity index (χ3v) is 2.80. The van der Waals surface area contributed by atoms with E-state index in [0.29, 0.717) is 12.2 Å². The van der Waals surface area contributed by atoms with Gasteiger partial charge in [-0.25, -0.2) is 0 Å². The average Bonchev–Trinajstić information content (AvgIpc) is 2.04. The SMILES string of the molecule is CCOP(=O)([O-])OC1=CCCCC1. The molecule has 0 aromatic heterocycles. The summed E-state index contributed by atoms with van der Waals surface area (Å²) in [6, 6.07) is 0. The molecule has 1 aliphatic rings. The summed E-state index contributed by atoms with van der Waals surface area (Å²) in [5, 5.41) is 0. The minimum Gasteiger partial charge on any atom is -0.746 e. The Kier molecular flexibility index (Phi) is 3.97. The van der Waals surface area contributed by atoms with Gasteiger partial charge in [0.25, 0.3) is 0 Å². The molecule has 0 N–H and O–H groups in total. The highest BCUT2D eigenvalue weighted by Crippen LogP contribution is 2.42. The Morgan fingerprint density at radius 1 is 1.62 bits per heavy atom. The monoisotopic (exact) mass is 205 g/mol. The van der Waals surface area contributed by atoms with E-state index in [2.05, 4.69) is 4.52 Å². The fourth-order valence-electron chi connectivity index (χ4n) is 1.22. The number of allylic oxidation sites excluding steroid dienone is 2. The predicted octanol–water partition coefficient (Wildman–Crippen LogP) is 1.97. The van der Waals surface area contributed by atoms with E-state index in [1.165, 1.54) is 0 Å². The first-order chi connectivity index (χ1) is 6.14. The van der Waals surface area contributed by atoms with Crippen molar-refractivity contribution in [3.8, 4) is 0 Å². The molecule has 0 spiro atoms. The van der Waals surface area contributed by atoms with Gasteiger partial charge in [0.05, 0.1) is 6.61 Å². The quantitative estimate of drug-likeness (QED) is 0.658. The lowest BCUT2D eigenvalue weighted by molar-refractivity contribution is -0.221. The Morgan fingerprint density at radius 3 is 2.92 bits per heavy atom. The van der Waals surface area contributed by atoms with Crippen LogP contribution >= 0.6 is 7.82 Å². The summed E-state index contributed by atoms with van der Waals surface area (Å²) in [5.74, 6) is 0.526. The van der Waals surface area contributed by atoms with Crippen molar-refractivity contribution in [3.63, 3.8) is 0 Å². The van der Waals surface area contributed by atoms with E-state index in [1.807, 2.05) is 6.08 Å². The number of rotatable bonds is 4. The third-order valence-electron chi connectivity index (χ3n) is 1.77. The summed E-state index contributed by atoms with van der Waals surface area (Å²) >= 11 is 0. The van der Waals surface area contributed by atoms with Crippen LogP contribution in [0.3, 0.4) is 0 Å². The zero-order valence-corrected chi connectivity index (χ0v) is 8.59. The molecule has 0 radical (unpaired) electrons. The van der Waals surface area contributed by atoms with Gasteiger partial charge in [-0.15, -0.1) is 0 Å². The van der Waals surface area contributed by atoms with Crippen LogP contribution in [0.15, 0.2) is 11.8 Å². The third kappa shape index (κ3) is 3.94. The van der Waals surface area contributed by atoms with Crippen molar-refractivity contribution in [2.75, 3.05) is 6.61 Å². The van der Waals surface area contributed by atoms with Crippen LogP contribution in [-0.2, 0) is 13.6 Å². The molecule has 4 nitrogen and oxygen atoms in total. The van der Waals surface area contributed by atoms with Crippen molar-refractivity contribution < 1.29 is 18.5 Å². The fraction of sp³-hybridized carbons (Fsp3) is 0.750. The molecule has 0 saturated heterocycles. The van der Waals surface area contributed by atoms with Gasteiger partial charge in [0.15, 0.2) is 0 Å². The first-order valence-corrected chi connectivity index (χ1v) is 5.94. The highest BCUT2D eigenvalue weighted by atomic mass is 31.2. The van der Waals surface area contributed by atoms with Gasteiger partial charge in [0, 0.05) is 6.42 Å². The minimum atomic E-state index is -4.08. The van der Waals surface area contributed by atoms with E-state index in [9.17, 15) is 9.46 Å². The summed E-state index contributed by atoms with van der Waals surface area (Å²) in [7, 11) is -4.08.